The molecule has 0 saturated carbocycles. The molecule has 4 aromatic heterocycles. The fourth-order valence-corrected chi connectivity index (χ4v) is 5.32. The summed E-state index contributed by atoms with van der Waals surface area (Å²) in [7, 11) is 1.58. The van der Waals surface area contributed by atoms with Crippen molar-refractivity contribution in [2.24, 2.45) is 7.05 Å². The number of amides is 1. The second-order valence-corrected chi connectivity index (χ2v) is 9.37. The van der Waals surface area contributed by atoms with Gasteiger partial charge >= 0.3 is 0 Å². The summed E-state index contributed by atoms with van der Waals surface area (Å²) < 4.78 is 18.5. The average Bonchev–Trinajstić information content (AvgIpc) is 3.24. The average molecular weight is 514 g/mol. The van der Waals surface area contributed by atoms with E-state index in [1.54, 1.807) is 42.2 Å². The quantitative estimate of drug-likeness (QED) is 0.407. The first-order valence-electron chi connectivity index (χ1n) is 12.4. The number of hydrogen-bond acceptors (Lipinski definition) is 7. The Labute approximate surface area is 216 Å². The van der Waals surface area contributed by atoms with E-state index in [4.69, 9.17) is 0 Å². The van der Waals surface area contributed by atoms with Gasteiger partial charge < -0.3 is 14.5 Å². The highest BCUT2D eigenvalue weighted by Gasteiger charge is 2.36. The molecule has 2 aliphatic rings. The second kappa shape index (κ2) is 9.33. The van der Waals surface area contributed by atoms with E-state index in [-0.39, 0.29) is 35.0 Å². The molecule has 5 heterocycles. The van der Waals surface area contributed by atoms with Gasteiger partial charge in [-0.2, -0.15) is 0 Å². The Kier molecular flexibility index (Phi) is 5.82. The van der Waals surface area contributed by atoms with Gasteiger partial charge in [-0.25, -0.2) is 14.4 Å². The minimum atomic E-state index is -0.525. The molecule has 1 aliphatic carbocycles. The number of aromatic nitrogens is 5. The summed E-state index contributed by atoms with van der Waals surface area (Å²) in [6.07, 6.45) is 10.0. The number of anilines is 3. The fourth-order valence-electron chi connectivity index (χ4n) is 5.32. The first-order chi connectivity index (χ1) is 18.5. The molecule has 1 amide bonds. The number of fused-ring (bicyclic) bond motifs is 3. The number of pyridine rings is 2. The molecule has 0 fully saturated rings. The standard InChI is InChI=1S/C27H24FN7O3/c1-33-14-20(32-24(27(33)38)31-16-5-4-9-29-13-16)17-8-10-30-25(19(17)15-36)35-12-11-34-21-7-3-2-6-18(21)22(28)23(34)26(35)37/h4-5,8-10,13-15H,2-3,6-7,11-12H2,1H3,(H,31,32). The molecule has 1 aliphatic heterocycles. The van der Waals surface area contributed by atoms with Crippen LogP contribution in [0.1, 0.15) is 44.9 Å². The molecule has 38 heavy (non-hydrogen) atoms. The molecule has 0 atom stereocenters. The van der Waals surface area contributed by atoms with E-state index in [0.717, 1.165) is 25.0 Å². The number of rotatable bonds is 5. The number of carbonyl (C=O) groups excluding carboxylic acids is 2. The third-order valence-corrected chi connectivity index (χ3v) is 7.12. The first-order valence-corrected chi connectivity index (χ1v) is 12.4. The fraction of sp³-hybridized carbons (Fsp3) is 0.259. The molecule has 10 nitrogen and oxygen atoms in total. The molecule has 4 aromatic rings. The van der Waals surface area contributed by atoms with Crippen molar-refractivity contribution in [2.75, 3.05) is 16.8 Å². The van der Waals surface area contributed by atoms with Crippen LogP contribution in [0.25, 0.3) is 11.3 Å². The lowest BCUT2D eigenvalue weighted by molar-refractivity contribution is 0.0959. The van der Waals surface area contributed by atoms with E-state index < -0.39 is 11.7 Å². The highest BCUT2D eigenvalue weighted by atomic mass is 19.1. The summed E-state index contributed by atoms with van der Waals surface area (Å²) in [6.45, 7) is 0.660. The van der Waals surface area contributed by atoms with Gasteiger partial charge in [0.05, 0.1) is 23.1 Å². The van der Waals surface area contributed by atoms with Crippen molar-refractivity contribution in [3.8, 4) is 11.3 Å². The number of nitrogens with zero attached hydrogens (tertiary/aromatic N) is 6. The summed E-state index contributed by atoms with van der Waals surface area (Å²) in [4.78, 5) is 52.9. The topological polar surface area (TPSA) is 115 Å². The van der Waals surface area contributed by atoms with Crippen LogP contribution in [-0.2, 0) is 26.4 Å². The maximum absolute atomic E-state index is 15.4. The van der Waals surface area contributed by atoms with Crippen LogP contribution in [0.15, 0.2) is 47.8 Å². The highest BCUT2D eigenvalue weighted by Crippen LogP contribution is 2.34. The van der Waals surface area contributed by atoms with E-state index in [2.05, 4.69) is 20.3 Å². The smallest absolute Gasteiger partial charge is 0.293 e. The molecular weight excluding hydrogens is 489 g/mol. The summed E-state index contributed by atoms with van der Waals surface area (Å²) in [6, 6.07) is 5.07. The van der Waals surface area contributed by atoms with E-state index in [1.807, 2.05) is 0 Å². The minimum Gasteiger partial charge on any atom is -0.336 e. The number of carbonyl (C=O) groups is 2. The third-order valence-electron chi connectivity index (χ3n) is 7.12. The summed E-state index contributed by atoms with van der Waals surface area (Å²) in [5.41, 5.74) is 2.61. The van der Waals surface area contributed by atoms with E-state index in [9.17, 15) is 14.4 Å². The van der Waals surface area contributed by atoms with Gasteiger partial charge in [-0.05, 0) is 43.9 Å². The van der Waals surface area contributed by atoms with Gasteiger partial charge in [0.15, 0.2) is 17.9 Å². The lowest BCUT2D eigenvalue weighted by Crippen LogP contribution is -2.42. The lowest BCUT2D eigenvalue weighted by Gasteiger charge is -2.30. The van der Waals surface area contributed by atoms with Gasteiger partial charge in [0.25, 0.3) is 11.5 Å². The minimum absolute atomic E-state index is 0.0235. The Morgan fingerprint density at radius 1 is 1.11 bits per heavy atom. The summed E-state index contributed by atoms with van der Waals surface area (Å²) in [5, 5.41) is 2.97. The van der Waals surface area contributed by atoms with Gasteiger partial charge in [-0.1, -0.05) is 0 Å². The van der Waals surface area contributed by atoms with E-state index in [0.29, 0.717) is 41.8 Å². The van der Waals surface area contributed by atoms with Crippen LogP contribution in [0.4, 0.5) is 21.7 Å². The second-order valence-electron chi connectivity index (χ2n) is 9.37. The van der Waals surface area contributed by atoms with Crippen molar-refractivity contribution in [1.29, 1.82) is 0 Å². The van der Waals surface area contributed by atoms with Gasteiger partial charge in [-0.3, -0.25) is 24.3 Å². The zero-order valence-corrected chi connectivity index (χ0v) is 20.6. The third kappa shape index (κ3) is 3.78. The predicted molar refractivity (Wildman–Crippen MR) is 138 cm³/mol. The Morgan fingerprint density at radius 2 is 1.95 bits per heavy atom. The zero-order chi connectivity index (χ0) is 26.4. The number of aldehydes is 1. The maximum Gasteiger partial charge on any atom is 0.293 e. The molecular formula is C27H24FN7O3. The molecule has 192 valence electrons. The molecule has 0 spiro atoms. The molecule has 6 rings (SSSR count). The summed E-state index contributed by atoms with van der Waals surface area (Å²) >= 11 is 0. The first kappa shape index (κ1) is 23.7. The SMILES string of the molecule is Cn1cc(-c2ccnc(N3CCn4c5c(c(F)c4C3=O)CCCC5)c2C=O)nc(Nc2cccnc2)c1=O. The van der Waals surface area contributed by atoms with Gasteiger partial charge in [-0.15, -0.1) is 0 Å². The molecule has 0 aromatic carbocycles. The van der Waals surface area contributed by atoms with Crippen molar-refractivity contribution < 1.29 is 14.0 Å². The van der Waals surface area contributed by atoms with Crippen molar-refractivity contribution in [2.45, 2.75) is 32.2 Å². The number of nitrogens with one attached hydrogen (secondary N) is 1. The van der Waals surface area contributed by atoms with Crippen LogP contribution in [0.5, 0.6) is 0 Å². The molecule has 0 unspecified atom stereocenters. The Bertz CT molecular complexity index is 1640. The van der Waals surface area contributed by atoms with E-state index >= 15 is 4.39 Å². The maximum atomic E-state index is 15.4. The van der Waals surface area contributed by atoms with Crippen molar-refractivity contribution in [1.82, 2.24) is 24.1 Å². The molecule has 0 bridgehead atoms. The van der Waals surface area contributed by atoms with Gasteiger partial charge in [0, 0.05) is 55.5 Å². The Hall–Kier alpha value is -4.67. The lowest BCUT2D eigenvalue weighted by atomic mass is 9.97. The monoisotopic (exact) mass is 513 g/mol. The van der Waals surface area contributed by atoms with Crippen LogP contribution < -0.4 is 15.8 Å². The van der Waals surface area contributed by atoms with Crippen LogP contribution in [-0.4, -0.2) is 42.8 Å². The van der Waals surface area contributed by atoms with Crippen molar-refractivity contribution >= 4 is 29.5 Å². The van der Waals surface area contributed by atoms with Crippen molar-refractivity contribution in [3.05, 3.63) is 81.7 Å². The summed E-state index contributed by atoms with van der Waals surface area (Å²) in [5.74, 6) is -0.815. The van der Waals surface area contributed by atoms with Gasteiger partial charge in [0.2, 0.25) is 0 Å². The van der Waals surface area contributed by atoms with Crippen LogP contribution in [0, 0.1) is 5.82 Å². The highest BCUT2D eigenvalue weighted by molar-refractivity contribution is 6.08. The number of aryl methyl sites for hydroxylation is 1. The molecule has 0 radical (unpaired) electrons. The molecule has 1 N–H and O–H groups in total. The largest absolute Gasteiger partial charge is 0.336 e. The number of hydrogen-bond donors (Lipinski definition) is 1. The molecule has 11 heteroatoms. The Balaban J connectivity index is 1.42. The Morgan fingerprint density at radius 3 is 2.74 bits per heavy atom. The predicted octanol–water partition coefficient (Wildman–Crippen LogP) is 3.27. The van der Waals surface area contributed by atoms with Crippen LogP contribution in [0.2, 0.25) is 0 Å². The van der Waals surface area contributed by atoms with E-state index in [1.165, 1.54) is 21.9 Å². The molecule has 0 saturated heterocycles. The zero-order valence-electron chi connectivity index (χ0n) is 20.6. The number of halogens is 1. The van der Waals surface area contributed by atoms with Crippen molar-refractivity contribution in [3.63, 3.8) is 0 Å². The van der Waals surface area contributed by atoms with Crippen LogP contribution in [0.3, 0.4) is 0 Å². The van der Waals surface area contributed by atoms with Gasteiger partial charge in [0.1, 0.15) is 11.5 Å². The van der Waals surface area contributed by atoms with Crippen LogP contribution >= 0.6 is 0 Å². The normalized spacial score (nSPS) is 14.7.